The fourth-order valence-corrected chi connectivity index (χ4v) is 1.29. The van der Waals surface area contributed by atoms with Crippen LogP contribution < -0.4 is 0 Å². The summed E-state index contributed by atoms with van der Waals surface area (Å²) in [6, 6.07) is 0.457. The second kappa shape index (κ2) is 3.64. The molecule has 0 aliphatic rings. The van der Waals surface area contributed by atoms with Crippen LogP contribution in [0.4, 0.5) is 30.7 Å². The molecular weight excluding hydrogens is 241 g/mol. The maximum Gasteiger partial charge on any atom is 0.417 e. The van der Waals surface area contributed by atoms with E-state index < -0.39 is 34.9 Å². The van der Waals surface area contributed by atoms with Gasteiger partial charge in [0.25, 0.3) is 0 Å². The first-order valence-corrected chi connectivity index (χ1v) is 3.98. The van der Waals surface area contributed by atoms with Crippen molar-refractivity contribution >= 4 is 0 Å². The highest BCUT2D eigenvalue weighted by atomic mass is 19.4. The summed E-state index contributed by atoms with van der Waals surface area (Å²) in [6.45, 7) is 0.660. The number of rotatable bonds is 0. The van der Waals surface area contributed by atoms with E-state index in [0.29, 0.717) is 13.0 Å². The Morgan fingerprint density at radius 3 is 1.75 bits per heavy atom. The van der Waals surface area contributed by atoms with E-state index in [1.165, 1.54) is 0 Å². The first-order valence-electron chi connectivity index (χ1n) is 3.98. The molecule has 90 valence electrons. The largest absolute Gasteiger partial charge is 0.417 e. The maximum atomic E-state index is 12.8. The molecule has 16 heavy (non-hydrogen) atoms. The molecule has 0 bridgehead atoms. The molecule has 0 aromatic heterocycles. The summed E-state index contributed by atoms with van der Waals surface area (Å²) in [5.41, 5.74) is -4.90. The standard InChI is InChI=1S/C9H5F7/c1-4-6(10)3-2-5(8(11,12)13)7(4)9(14,15)16/h2-3H,1H3. The molecule has 0 atom stereocenters. The van der Waals surface area contributed by atoms with E-state index in [1.54, 1.807) is 0 Å². The zero-order valence-corrected chi connectivity index (χ0v) is 7.80. The van der Waals surface area contributed by atoms with Crippen molar-refractivity contribution in [2.45, 2.75) is 19.3 Å². The summed E-state index contributed by atoms with van der Waals surface area (Å²) in [7, 11) is 0. The first-order chi connectivity index (χ1) is 7.05. The van der Waals surface area contributed by atoms with Gasteiger partial charge >= 0.3 is 12.4 Å². The van der Waals surface area contributed by atoms with Gasteiger partial charge in [-0.3, -0.25) is 0 Å². The summed E-state index contributed by atoms with van der Waals surface area (Å²) in [6.07, 6.45) is -10.4. The molecule has 0 fully saturated rings. The summed E-state index contributed by atoms with van der Waals surface area (Å²) in [5.74, 6) is -1.32. The minimum absolute atomic E-state index is 0.0884. The number of alkyl halides is 6. The fraction of sp³-hybridized carbons (Fsp3) is 0.333. The number of halogens is 7. The lowest BCUT2D eigenvalue weighted by Gasteiger charge is -2.17. The SMILES string of the molecule is Cc1c(F)ccc(C(F)(F)F)c1C(F)(F)F. The monoisotopic (exact) mass is 246 g/mol. The fourth-order valence-electron chi connectivity index (χ4n) is 1.29. The molecule has 0 spiro atoms. The van der Waals surface area contributed by atoms with Gasteiger partial charge in [0.05, 0.1) is 11.1 Å². The van der Waals surface area contributed by atoms with Gasteiger partial charge < -0.3 is 0 Å². The molecule has 0 radical (unpaired) electrons. The molecule has 1 aromatic carbocycles. The summed E-state index contributed by atoms with van der Waals surface area (Å²) >= 11 is 0. The lowest BCUT2D eigenvalue weighted by Crippen LogP contribution is -2.18. The van der Waals surface area contributed by atoms with Gasteiger partial charge in [0.2, 0.25) is 0 Å². The molecule has 0 N–H and O–H groups in total. The Labute approximate surface area is 85.7 Å². The number of hydrogen-bond donors (Lipinski definition) is 0. The topological polar surface area (TPSA) is 0 Å². The Balaban J connectivity index is 3.59. The predicted octanol–water partition coefficient (Wildman–Crippen LogP) is 4.17. The maximum absolute atomic E-state index is 12.8. The first kappa shape index (κ1) is 12.8. The van der Waals surface area contributed by atoms with Crippen molar-refractivity contribution in [2.24, 2.45) is 0 Å². The Bertz CT molecular complexity index is 400. The van der Waals surface area contributed by atoms with E-state index >= 15 is 0 Å². The molecule has 0 saturated heterocycles. The van der Waals surface area contributed by atoms with Crippen LogP contribution in [0.5, 0.6) is 0 Å². The van der Waals surface area contributed by atoms with E-state index in [9.17, 15) is 30.7 Å². The van der Waals surface area contributed by atoms with Crippen LogP contribution in [0.15, 0.2) is 12.1 Å². The summed E-state index contributed by atoms with van der Waals surface area (Å²) in [5, 5.41) is 0. The molecule has 0 heterocycles. The van der Waals surface area contributed by atoms with E-state index in [-0.39, 0.29) is 6.07 Å². The molecule has 0 aliphatic heterocycles. The van der Waals surface area contributed by atoms with Gasteiger partial charge in [-0.2, -0.15) is 26.3 Å². The van der Waals surface area contributed by atoms with Crippen molar-refractivity contribution in [2.75, 3.05) is 0 Å². The van der Waals surface area contributed by atoms with E-state index in [4.69, 9.17) is 0 Å². The van der Waals surface area contributed by atoms with Crippen LogP contribution in [0.1, 0.15) is 16.7 Å². The van der Waals surface area contributed by atoms with Crippen molar-refractivity contribution in [3.63, 3.8) is 0 Å². The minimum atomic E-state index is -5.24. The van der Waals surface area contributed by atoms with Crippen molar-refractivity contribution in [3.05, 3.63) is 34.6 Å². The smallest absolute Gasteiger partial charge is 0.207 e. The predicted molar refractivity (Wildman–Crippen MR) is 41.1 cm³/mol. The molecule has 0 unspecified atom stereocenters. The van der Waals surface area contributed by atoms with Gasteiger partial charge in [0.1, 0.15) is 5.82 Å². The molecule has 1 aromatic rings. The summed E-state index contributed by atoms with van der Waals surface area (Å²) < 4.78 is 86.7. The number of hydrogen-bond acceptors (Lipinski definition) is 0. The lowest BCUT2D eigenvalue weighted by atomic mass is 10.0. The van der Waals surface area contributed by atoms with Gasteiger partial charge in [-0.15, -0.1) is 0 Å². The van der Waals surface area contributed by atoms with Crippen molar-refractivity contribution in [1.29, 1.82) is 0 Å². The highest BCUT2D eigenvalue weighted by molar-refractivity contribution is 5.39. The van der Waals surface area contributed by atoms with Crippen molar-refractivity contribution < 1.29 is 30.7 Å². The molecule has 1 rings (SSSR count). The van der Waals surface area contributed by atoms with Crippen molar-refractivity contribution in [1.82, 2.24) is 0 Å². The number of benzene rings is 1. The zero-order valence-electron chi connectivity index (χ0n) is 7.80. The van der Waals surface area contributed by atoms with E-state index in [2.05, 4.69) is 0 Å². The molecule has 0 amide bonds. The highest BCUT2D eigenvalue weighted by Gasteiger charge is 2.44. The van der Waals surface area contributed by atoms with Gasteiger partial charge in [-0.05, 0) is 24.6 Å². The van der Waals surface area contributed by atoms with Gasteiger partial charge in [-0.25, -0.2) is 4.39 Å². The van der Waals surface area contributed by atoms with Crippen LogP contribution in [-0.4, -0.2) is 0 Å². The third-order valence-electron chi connectivity index (χ3n) is 1.99. The molecule has 0 aliphatic carbocycles. The normalized spacial score (nSPS) is 13.0. The van der Waals surface area contributed by atoms with Crippen LogP contribution in [0.3, 0.4) is 0 Å². The second-order valence-corrected chi connectivity index (χ2v) is 3.09. The lowest BCUT2D eigenvalue weighted by molar-refractivity contribution is -0.162. The minimum Gasteiger partial charge on any atom is -0.207 e. The molecule has 0 saturated carbocycles. The van der Waals surface area contributed by atoms with Crippen molar-refractivity contribution in [3.8, 4) is 0 Å². The average Bonchev–Trinajstić information content (AvgIpc) is 2.05. The Kier molecular flexibility index (Phi) is 2.91. The molecule has 7 heteroatoms. The second-order valence-electron chi connectivity index (χ2n) is 3.09. The van der Waals surface area contributed by atoms with Crippen LogP contribution in [0.25, 0.3) is 0 Å². The van der Waals surface area contributed by atoms with E-state index in [1.807, 2.05) is 0 Å². The molecule has 0 nitrogen and oxygen atoms in total. The van der Waals surface area contributed by atoms with Crippen LogP contribution in [0.2, 0.25) is 0 Å². The Hall–Kier alpha value is -1.27. The Morgan fingerprint density at radius 2 is 1.38 bits per heavy atom. The van der Waals surface area contributed by atoms with Gasteiger partial charge in [-0.1, -0.05) is 0 Å². The third kappa shape index (κ3) is 2.28. The highest BCUT2D eigenvalue weighted by Crippen LogP contribution is 2.42. The quantitative estimate of drug-likeness (QED) is 0.602. The summed E-state index contributed by atoms with van der Waals surface area (Å²) in [4.78, 5) is 0. The van der Waals surface area contributed by atoms with Crippen LogP contribution in [0, 0.1) is 12.7 Å². The van der Waals surface area contributed by atoms with Gasteiger partial charge in [0, 0.05) is 0 Å². The average molecular weight is 246 g/mol. The Morgan fingerprint density at radius 1 is 0.875 bits per heavy atom. The van der Waals surface area contributed by atoms with E-state index in [0.717, 1.165) is 0 Å². The third-order valence-corrected chi connectivity index (χ3v) is 1.99. The van der Waals surface area contributed by atoms with Crippen LogP contribution in [-0.2, 0) is 12.4 Å². The van der Waals surface area contributed by atoms with Crippen LogP contribution >= 0.6 is 0 Å². The zero-order chi connectivity index (χ0) is 12.7. The van der Waals surface area contributed by atoms with Gasteiger partial charge in [0.15, 0.2) is 0 Å². The molecular formula is C9H5F7.